The van der Waals surface area contributed by atoms with E-state index in [0.29, 0.717) is 22.7 Å². The predicted octanol–water partition coefficient (Wildman–Crippen LogP) is 2.74. The Morgan fingerprint density at radius 2 is 2.11 bits per heavy atom. The van der Waals surface area contributed by atoms with E-state index in [1.807, 2.05) is 0 Å². The molecule has 2 aromatic heterocycles. The highest BCUT2D eigenvalue weighted by Crippen LogP contribution is 2.23. The number of rotatable bonds is 4. The quantitative estimate of drug-likeness (QED) is 0.809. The summed E-state index contributed by atoms with van der Waals surface area (Å²) in [6.45, 7) is 5.66. The molecule has 0 aliphatic carbocycles. The number of thiazole rings is 1. The zero-order chi connectivity index (χ0) is 14.0. The molecule has 6 heteroatoms. The van der Waals surface area contributed by atoms with Crippen molar-refractivity contribution in [2.45, 2.75) is 26.9 Å². The number of fused-ring (bicyclic) bond motifs is 1. The average molecular weight is 281 g/mol. The number of hydrogen-bond acceptors (Lipinski definition) is 5. The molecule has 0 aliphatic rings. The van der Waals surface area contributed by atoms with E-state index >= 15 is 0 Å². The number of nitrogens with zero attached hydrogens (tertiary/aromatic N) is 1. The van der Waals surface area contributed by atoms with Gasteiger partial charge in [-0.3, -0.25) is 0 Å². The highest BCUT2D eigenvalue weighted by molar-refractivity contribution is 7.16. The SMILES string of the molecule is CCOC(=O)c1csc2c(C(=O)OC(C)C)ccn12. The van der Waals surface area contributed by atoms with Gasteiger partial charge in [-0.25, -0.2) is 9.59 Å². The fourth-order valence-corrected chi connectivity index (χ4v) is 2.66. The molecule has 0 bridgehead atoms. The Hall–Kier alpha value is -1.82. The van der Waals surface area contributed by atoms with Crippen LogP contribution in [-0.2, 0) is 9.47 Å². The molecule has 2 rings (SSSR count). The fraction of sp³-hybridized carbons (Fsp3) is 0.385. The van der Waals surface area contributed by atoms with E-state index in [4.69, 9.17) is 9.47 Å². The number of esters is 2. The first-order valence-electron chi connectivity index (χ1n) is 6.01. The minimum absolute atomic E-state index is 0.174. The summed E-state index contributed by atoms with van der Waals surface area (Å²) < 4.78 is 11.8. The lowest BCUT2D eigenvalue weighted by Gasteiger charge is -2.05. The summed E-state index contributed by atoms with van der Waals surface area (Å²) in [4.78, 5) is 24.3. The van der Waals surface area contributed by atoms with Gasteiger partial charge in [-0.05, 0) is 26.8 Å². The zero-order valence-corrected chi connectivity index (χ0v) is 11.8. The van der Waals surface area contributed by atoms with Crippen LogP contribution in [0.25, 0.3) is 4.83 Å². The molecule has 0 fully saturated rings. The van der Waals surface area contributed by atoms with Crippen molar-refractivity contribution in [3.63, 3.8) is 0 Å². The standard InChI is InChI=1S/C13H15NO4S/c1-4-17-13(16)10-7-19-11-9(5-6-14(10)11)12(15)18-8(2)3/h5-8H,4H2,1-3H3. The maximum atomic E-state index is 11.9. The summed E-state index contributed by atoms with van der Waals surface area (Å²) in [7, 11) is 0. The van der Waals surface area contributed by atoms with Crippen LogP contribution in [0.15, 0.2) is 17.6 Å². The second-order valence-electron chi connectivity index (χ2n) is 4.20. The molecule has 0 amide bonds. The smallest absolute Gasteiger partial charge is 0.356 e. The van der Waals surface area contributed by atoms with E-state index in [2.05, 4.69) is 0 Å². The molecular formula is C13H15NO4S. The summed E-state index contributed by atoms with van der Waals surface area (Å²) in [6, 6.07) is 1.65. The first-order chi connectivity index (χ1) is 9.04. The lowest BCUT2D eigenvalue weighted by molar-refractivity contribution is 0.0379. The molecule has 0 aromatic carbocycles. The Balaban J connectivity index is 2.35. The van der Waals surface area contributed by atoms with Gasteiger partial charge in [-0.15, -0.1) is 11.3 Å². The van der Waals surface area contributed by atoms with Crippen LogP contribution in [0.5, 0.6) is 0 Å². The summed E-state index contributed by atoms with van der Waals surface area (Å²) in [6.07, 6.45) is 1.50. The molecule has 0 unspecified atom stereocenters. The highest BCUT2D eigenvalue weighted by Gasteiger charge is 2.20. The number of carbonyl (C=O) groups excluding carboxylic acids is 2. The van der Waals surface area contributed by atoms with E-state index in [1.165, 1.54) is 11.3 Å². The van der Waals surface area contributed by atoms with Crippen LogP contribution in [0.3, 0.4) is 0 Å². The van der Waals surface area contributed by atoms with Crippen LogP contribution in [0.2, 0.25) is 0 Å². The predicted molar refractivity (Wildman–Crippen MR) is 71.8 cm³/mol. The third-order valence-corrected chi connectivity index (χ3v) is 3.41. The third-order valence-electron chi connectivity index (χ3n) is 2.43. The molecule has 0 radical (unpaired) electrons. The van der Waals surface area contributed by atoms with Gasteiger partial charge in [-0.1, -0.05) is 0 Å². The zero-order valence-electron chi connectivity index (χ0n) is 11.0. The van der Waals surface area contributed by atoms with Crippen molar-refractivity contribution in [3.05, 3.63) is 28.9 Å². The minimum Gasteiger partial charge on any atom is -0.461 e. The van der Waals surface area contributed by atoms with Crippen LogP contribution in [0, 0.1) is 0 Å². The van der Waals surface area contributed by atoms with Crippen LogP contribution >= 0.6 is 11.3 Å². The Morgan fingerprint density at radius 3 is 2.74 bits per heavy atom. The Labute approximate surface area is 114 Å². The van der Waals surface area contributed by atoms with E-state index in [-0.39, 0.29) is 12.1 Å². The first-order valence-corrected chi connectivity index (χ1v) is 6.89. The van der Waals surface area contributed by atoms with Gasteiger partial charge < -0.3 is 13.9 Å². The van der Waals surface area contributed by atoms with Gasteiger partial charge in [-0.2, -0.15) is 0 Å². The number of hydrogen-bond donors (Lipinski definition) is 0. The lowest BCUT2D eigenvalue weighted by atomic mass is 10.3. The summed E-state index contributed by atoms with van der Waals surface area (Å²) in [5.74, 6) is -0.775. The topological polar surface area (TPSA) is 57.0 Å². The van der Waals surface area contributed by atoms with Crippen LogP contribution in [0.4, 0.5) is 0 Å². The van der Waals surface area contributed by atoms with Crippen molar-refractivity contribution in [1.82, 2.24) is 4.40 Å². The van der Waals surface area contributed by atoms with Crippen LogP contribution in [-0.4, -0.2) is 29.1 Å². The van der Waals surface area contributed by atoms with E-state index in [1.54, 1.807) is 42.8 Å². The van der Waals surface area contributed by atoms with Gasteiger partial charge in [0.15, 0.2) is 0 Å². The molecule has 0 aliphatic heterocycles. The van der Waals surface area contributed by atoms with Gasteiger partial charge in [0.2, 0.25) is 0 Å². The second kappa shape index (κ2) is 5.44. The van der Waals surface area contributed by atoms with Crippen molar-refractivity contribution in [2.75, 3.05) is 6.61 Å². The monoisotopic (exact) mass is 281 g/mol. The van der Waals surface area contributed by atoms with Gasteiger partial charge in [0, 0.05) is 11.6 Å². The molecular weight excluding hydrogens is 266 g/mol. The van der Waals surface area contributed by atoms with Crippen molar-refractivity contribution in [2.24, 2.45) is 0 Å². The third kappa shape index (κ3) is 2.63. The van der Waals surface area contributed by atoms with Crippen molar-refractivity contribution >= 4 is 28.1 Å². The summed E-state index contributed by atoms with van der Waals surface area (Å²) >= 11 is 1.32. The van der Waals surface area contributed by atoms with Crippen LogP contribution in [0.1, 0.15) is 41.6 Å². The lowest BCUT2D eigenvalue weighted by Crippen LogP contribution is -2.11. The van der Waals surface area contributed by atoms with Gasteiger partial charge >= 0.3 is 11.9 Å². The van der Waals surface area contributed by atoms with Crippen molar-refractivity contribution in [1.29, 1.82) is 0 Å². The molecule has 0 atom stereocenters. The fourth-order valence-electron chi connectivity index (χ4n) is 1.68. The molecule has 5 nitrogen and oxygen atoms in total. The molecule has 0 spiro atoms. The first kappa shape index (κ1) is 13.6. The Kier molecular flexibility index (Phi) is 3.90. The molecule has 0 N–H and O–H groups in total. The summed E-state index contributed by atoms with van der Waals surface area (Å²) in [5.41, 5.74) is 0.889. The summed E-state index contributed by atoms with van der Waals surface area (Å²) in [5, 5.41) is 1.68. The molecule has 0 saturated carbocycles. The number of aromatic nitrogens is 1. The second-order valence-corrected chi connectivity index (χ2v) is 5.06. The molecule has 2 aromatic rings. The van der Waals surface area contributed by atoms with E-state index < -0.39 is 5.97 Å². The van der Waals surface area contributed by atoms with Crippen LogP contribution < -0.4 is 0 Å². The van der Waals surface area contributed by atoms with E-state index in [9.17, 15) is 9.59 Å². The van der Waals surface area contributed by atoms with Gasteiger partial charge in [0.1, 0.15) is 10.5 Å². The Morgan fingerprint density at radius 1 is 1.37 bits per heavy atom. The van der Waals surface area contributed by atoms with Gasteiger partial charge in [0.05, 0.1) is 18.3 Å². The Bertz CT molecular complexity index is 611. The molecule has 102 valence electrons. The molecule has 2 heterocycles. The number of carbonyl (C=O) groups is 2. The number of ether oxygens (including phenoxy) is 2. The largest absolute Gasteiger partial charge is 0.461 e. The maximum absolute atomic E-state index is 11.9. The molecule has 19 heavy (non-hydrogen) atoms. The minimum atomic E-state index is -0.395. The van der Waals surface area contributed by atoms with E-state index in [0.717, 1.165) is 0 Å². The van der Waals surface area contributed by atoms with Gasteiger partial charge in [0.25, 0.3) is 0 Å². The van der Waals surface area contributed by atoms with Crippen molar-refractivity contribution < 1.29 is 19.1 Å². The molecule has 0 saturated heterocycles. The average Bonchev–Trinajstić information content (AvgIpc) is 2.87. The maximum Gasteiger partial charge on any atom is 0.356 e. The highest BCUT2D eigenvalue weighted by atomic mass is 32.1. The van der Waals surface area contributed by atoms with Crippen molar-refractivity contribution in [3.8, 4) is 0 Å². The normalized spacial score (nSPS) is 10.9.